The molecule has 0 fully saturated rings. The van der Waals surface area contributed by atoms with Crippen LogP contribution in [0.4, 0.5) is 0 Å². The molecule has 0 saturated carbocycles. The van der Waals surface area contributed by atoms with Gasteiger partial charge in [-0.25, -0.2) is 4.79 Å². The molecule has 3 nitrogen and oxygen atoms in total. The largest absolute Gasteiger partial charge is 0.498 e. The molecule has 0 aromatic heterocycles. The number of alkyl halides is 1. The minimum atomic E-state index is -0.909. The molecule has 1 heterocycles. The number of hydrogen-bond donors (Lipinski definition) is 1. The molecule has 0 aromatic rings. The molecule has 0 saturated heterocycles. The second-order valence-corrected chi connectivity index (χ2v) is 4.12. The van der Waals surface area contributed by atoms with Crippen molar-refractivity contribution in [1.82, 2.24) is 0 Å². The number of aliphatic carboxylic acids is 1. The minimum absolute atomic E-state index is 0.0450. The summed E-state index contributed by atoms with van der Waals surface area (Å²) in [6.07, 6.45) is 0. The van der Waals surface area contributed by atoms with E-state index in [0.717, 1.165) is 5.75 Å². The molecule has 0 aromatic carbocycles. The monoisotopic (exact) mass is 238 g/mol. The van der Waals surface area contributed by atoms with E-state index in [4.69, 9.17) is 9.84 Å². The van der Waals surface area contributed by atoms with Crippen molar-refractivity contribution in [1.29, 1.82) is 0 Å². The van der Waals surface area contributed by atoms with Crippen LogP contribution in [-0.4, -0.2) is 28.8 Å². The number of methoxy groups -OCH3 is 1. The van der Waals surface area contributed by atoms with Crippen molar-refractivity contribution >= 4 is 33.7 Å². The number of carboxylic acids is 1. The maximum Gasteiger partial charge on any atom is 0.345 e. The van der Waals surface area contributed by atoms with E-state index in [1.165, 1.54) is 18.9 Å². The quantitative estimate of drug-likeness (QED) is 0.740. The van der Waals surface area contributed by atoms with E-state index in [0.29, 0.717) is 10.7 Å². The summed E-state index contributed by atoms with van der Waals surface area (Å²) < 4.78 is 4.93. The molecule has 11 heavy (non-hydrogen) atoms. The molecule has 1 aliphatic rings. The fraction of sp³-hybridized carbons (Fsp3) is 0.500. The number of carbonyl (C=O) groups is 1. The van der Waals surface area contributed by atoms with Crippen LogP contribution in [0, 0.1) is 0 Å². The second-order valence-electron chi connectivity index (χ2n) is 1.98. The lowest BCUT2D eigenvalue weighted by Gasteiger charge is -2.04. The average Bonchev–Trinajstić information content (AvgIpc) is 2.30. The normalized spacial score (nSPS) is 24.0. The number of rotatable bonds is 2. The van der Waals surface area contributed by atoms with Gasteiger partial charge in [-0.15, -0.1) is 11.8 Å². The highest BCUT2D eigenvalue weighted by Crippen LogP contribution is 2.35. The lowest BCUT2D eigenvalue weighted by Crippen LogP contribution is -2.04. The molecule has 1 unspecified atom stereocenters. The molecule has 1 N–H and O–H groups in total. The van der Waals surface area contributed by atoms with Gasteiger partial charge in [-0.3, -0.25) is 0 Å². The summed E-state index contributed by atoms with van der Waals surface area (Å²) in [5.41, 5.74) is 0. The topological polar surface area (TPSA) is 46.5 Å². The molecule has 0 bridgehead atoms. The van der Waals surface area contributed by atoms with Crippen LogP contribution < -0.4 is 0 Å². The maximum atomic E-state index is 10.5. The van der Waals surface area contributed by atoms with Crippen LogP contribution in [0.15, 0.2) is 10.7 Å². The van der Waals surface area contributed by atoms with Gasteiger partial charge in [0.05, 0.1) is 11.9 Å². The van der Waals surface area contributed by atoms with Crippen molar-refractivity contribution in [2.24, 2.45) is 0 Å². The molecule has 1 atom stereocenters. The zero-order valence-electron chi connectivity index (χ0n) is 5.83. The molecule has 0 aliphatic carbocycles. The van der Waals surface area contributed by atoms with Gasteiger partial charge in [0.1, 0.15) is 10.7 Å². The Labute approximate surface area is 76.9 Å². The Hall–Kier alpha value is -0.160. The van der Waals surface area contributed by atoms with Crippen molar-refractivity contribution in [3.8, 4) is 0 Å². The van der Waals surface area contributed by atoms with Crippen LogP contribution in [0.5, 0.6) is 0 Å². The van der Waals surface area contributed by atoms with E-state index in [9.17, 15) is 4.79 Å². The zero-order chi connectivity index (χ0) is 8.43. The van der Waals surface area contributed by atoms with Crippen LogP contribution in [0.1, 0.15) is 0 Å². The van der Waals surface area contributed by atoms with E-state index in [2.05, 4.69) is 15.9 Å². The molecule has 1 rings (SSSR count). The van der Waals surface area contributed by atoms with Crippen molar-refractivity contribution in [3.63, 3.8) is 0 Å². The predicted octanol–water partition coefficient (Wildman–Crippen LogP) is 1.44. The molecule has 1 aliphatic heterocycles. The molecule has 0 amide bonds. The summed E-state index contributed by atoms with van der Waals surface area (Å²) in [4.78, 5) is 10.9. The maximum absolute atomic E-state index is 10.5. The van der Waals surface area contributed by atoms with E-state index in [1.54, 1.807) is 0 Å². The Morgan fingerprint density at radius 1 is 1.91 bits per heavy atom. The highest BCUT2D eigenvalue weighted by atomic mass is 79.9. The zero-order valence-corrected chi connectivity index (χ0v) is 8.24. The molecular weight excluding hydrogens is 232 g/mol. The van der Waals surface area contributed by atoms with Crippen molar-refractivity contribution < 1.29 is 14.6 Å². The second kappa shape index (κ2) is 3.49. The molecule has 5 heteroatoms. The summed E-state index contributed by atoms with van der Waals surface area (Å²) in [6.45, 7) is 0. The Morgan fingerprint density at radius 3 is 2.91 bits per heavy atom. The smallest absolute Gasteiger partial charge is 0.345 e. The first-order valence-electron chi connectivity index (χ1n) is 2.95. The van der Waals surface area contributed by atoms with Crippen molar-refractivity contribution in [3.05, 3.63) is 10.7 Å². The SMILES string of the molecule is COC1=C(C(=O)O)SCC1Br. The summed E-state index contributed by atoms with van der Waals surface area (Å²) >= 11 is 4.61. The van der Waals surface area contributed by atoms with Gasteiger partial charge >= 0.3 is 5.97 Å². The van der Waals surface area contributed by atoms with Crippen LogP contribution in [-0.2, 0) is 9.53 Å². The first-order valence-corrected chi connectivity index (χ1v) is 4.85. The first-order chi connectivity index (χ1) is 5.16. The van der Waals surface area contributed by atoms with Crippen LogP contribution in [0.3, 0.4) is 0 Å². The number of hydrogen-bond acceptors (Lipinski definition) is 3. The number of halogens is 1. The molecule has 0 spiro atoms. The van der Waals surface area contributed by atoms with E-state index in [-0.39, 0.29) is 4.83 Å². The van der Waals surface area contributed by atoms with Gasteiger partial charge in [0.2, 0.25) is 0 Å². The lowest BCUT2D eigenvalue weighted by atomic mass is 10.3. The van der Waals surface area contributed by atoms with Gasteiger partial charge in [0.25, 0.3) is 0 Å². The fourth-order valence-corrected chi connectivity index (χ4v) is 2.75. The third kappa shape index (κ3) is 1.70. The van der Waals surface area contributed by atoms with Gasteiger partial charge in [-0.2, -0.15) is 0 Å². The van der Waals surface area contributed by atoms with Crippen molar-refractivity contribution in [2.45, 2.75) is 4.83 Å². The van der Waals surface area contributed by atoms with Gasteiger partial charge in [0, 0.05) is 5.75 Å². The van der Waals surface area contributed by atoms with Crippen LogP contribution >= 0.6 is 27.7 Å². The first kappa shape index (κ1) is 8.93. The predicted molar refractivity (Wildman–Crippen MR) is 46.8 cm³/mol. The van der Waals surface area contributed by atoms with Crippen LogP contribution in [0.2, 0.25) is 0 Å². The molecule has 0 radical (unpaired) electrons. The number of thioether (sulfide) groups is 1. The van der Waals surface area contributed by atoms with Gasteiger partial charge in [-0.05, 0) is 0 Å². The Morgan fingerprint density at radius 2 is 2.55 bits per heavy atom. The Bertz CT molecular complexity index is 214. The summed E-state index contributed by atoms with van der Waals surface area (Å²) in [5.74, 6) is 0.349. The number of allylic oxidation sites excluding steroid dienone is 1. The van der Waals surface area contributed by atoms with Crippen molar-refractivity contribution in [2.75, 3.05) is 12.9 Å². The standard InChI is InChI=1S/C6H7BrO3S/c1-10-4-3(7)2-11-5(4)6(8)9/h3H,2H2,1H3,(H,8,9). The Balaban J connectivity index is 2.88. The number of ether oxygens (including phenoxy) is 1. The summed E-state index contributed by atoms with van der Waals surface area (Å²) in [7, 11) is 1.48. The third-order valence-corrected chi connectivity index (χ3v) is 3.63. The highest BCUT2D eigenvalue weighted by Gasteiger charge is 2.29. The molecular formula is C6H7BrO3S. The van der Waals surface area contributed by atoms with E-state index < -0.39 is 5.97 Å². The minimum Gasteiger partial charge on any atom is -0.498 e. The van der Waals surface area contributed by atoms with E-state index >= 15 is 0 Å². The Kier molecular flexibility index (Phi) is 2.84. The third-order valence-electron chi connectivity index (χ3n) is 1.30. The highest BCUT2D eigenvalue weighted by molar-refractivity contribution is 9.09. The van der Waals surface area contributed by atoms with Gasteiger partial charge in [0.15, 0.2) is 0 Å². The van der Waals surface area contributed by atoms with Crippen LogP contribution in [0.25, 0.3) is 0 Å². The summed E-state index contributed by atoms with van der Waals surface area (Å²) in [5, 5.41) is 8.65. The molecule has 62 valence electrons. The number of carboxylic acid groups (broad SMARTS) is 1. The van der Waals surface area contributed by atoms with Gasteiger partial charge < -0.3 is 9.84 Å². The van der Waals surface area contributed by atoms with Gasteiger partial charge in [-0.1, -0.05) is 15.9 Å². The summed E-state index contributed by atoms with van der Waals surface area (Å²) in [6, 6.07) is 0. The van der Waals surface area contributed by atoms with E-state index in [1.807, 2.05) is 0 Å². The fourth-order valence-electron chi connectivity index (χ4n) is 0.833. The lowest BCUT2D eigenvalue weighted by molar-refractivity contribution is -0.132. The average molecular weight is 239 g/mol.